The highest BCUT2D eigenvalue weighted by Gasteiger charge is 2.37. The minimum absolute atomic E-state index is 0.0858. The Morgan fingerprint density at radius 2 is 1.88 bits per heavy atom. The molecule has 2 aromatic carbocycles. The molecule has 2 aliphatic rings. The first kappa shape index (κ1) is 29.8. The number of rotatable bonds is 7. The van der Waals surface area contributed by atoms with E-state index in [0.717, 1.165) is 0 Å². The normalized spacial score (nSPS) is 21.6. The molecule has 0 bridgehead atoms. The van der Waals surface area contributed by atoms with Gasteiger partial charge in [0.25, 0.3) is 5.91 Å². The van der Waals surface area contributed by atoms with Crippen LogP contribution in [0.25, 0.3) is 0 Å². The summed E-state index contributed by atoms with van der Waals surface area (Å²) in [5.41, 5.74) is 0.211. The van der Waals surface area contributed by atoms with Gasteiger partial charge in [-0.3, -0.25) is 19.2 Å². The summed E-state index contributed by atoms with van der Waals surface area (Å²) in [6.45, 7) is 4.80. The average Bonchev–Trinajstić information content (AvgIpc) is 3.44. The SMILES string of the molecule is CC(C)C[C@H]1COc2ccccc2C(=O)N[C@H](C(=O)NCCOc2ccc(F)cc2)CC(=O)N2CCC[C@@H]2C(=O)N1. The Labute approximate surface area is 238 Å². The highest BCUT2D eigenvalue weighted by molar-refractivity contribution is 6.01. The van der Waals surface area contributed by atoms with E-state index in [0.29, 0.717) is 37.3 Å². The maximum absolute atomic E-state index is 13.4. The van der Waals surface area contributed by atoms with Gasteiger partial charge in [0.15, 0.2) is 0 Å². The molecule has 3 N–H and O–H groups in total. The molecule has 0 unspecified atom stereocenters. The second-order valence-electron chi connectivity index (χ2n) is 10.7. The van der Waals surface area contributed by atoms with Gasteiger partial charge < -0.3 is 30.3 Å². The molecule has 220 valence electrons. The summed E-state index contributed by atoms with van der Waals surface area (Å²) in [5.74, 6) is -1.14. The quantitative estimate of drug-likeness (QED) is 0.441. The number of ether oxygens (including phenoxy) is 2. The molecule has 2 aromatic rings. The van der Waals surface area contributed by atoms with Crippen LogP contribution in [-0.2, 0) is 14.4 Å². The molecule has 0 spiro atoms. The van der Waals surface area contributed by atoms with Crippen molar-refractivity contribution in [2.24, 2.45) is 5.92 Å². The van der Waals surface area contributed by atoms with Crippen LogP contribution in [0.3, 0.4) is 0 Å². The fraction of sp³-hybridized carbons (Fsp3) is 0.467. The predicted octanol–water partition coefficient (Wildman–Crippen LogP) is 2.42. The van der Waals surface area contributed by atoms with E-state index < -0.39 is 29.8 Å². The number of amides is 4. The highest BCUT2D eigenvalue weighted by atomic mass is 19.1. The number of nitrogens with zero attached hydrogens (tertiary/aromatic N) is 1. The predicted molar refractivity (Wildman–Crippen MR) is 149 cm³/mol. The van der Waals surface area contributed by atoms with Crippen molar-refractivity contribution in [3.8, 4) is 11.5 Å². The van der Waals surface area contributed by atoms with E-state index in [-0.39, 0.29) is 55.4 Å². The van der Waals surface area contributed by atoms with E-state index in [4.69, 9.17) is 9.47 Å². The molecule has 2 aliphatic heterocycles. The Morgan fingerprint density at radius 3 is 2.63 bits per heavy atom. The topological polar surface area (TPSA) is 126 Å². The van der Waals surface area contributed by atoms with E-state index in [1.54, 1.807) is 24.3 Å². The Bertz CT molecular complexity index is 1240. The summed E-state index contributed by atoms with van der Waals surface area (Å²) < 4.78 is 24.7. The van der Waals surface area contributed by atoms with E-state index in [2.05, 4.69) is 16.0 Å². The summed E-state index contributed by atoms with van der Waals surface area (Å²) >= 11 is 0. The zero-order valence-corrected chi connectivity index (χ0v) is 23.4. The summed E-state index contributed by atoms with van der Waals surface area (Å²) in [4.78, 5) is 54.7. The largest absolute Gasteiger partial charge is 0.492 e. The number of hydrogen-bond acceptors (Lipinski definition) is 6. The van der Waals surface area contributed by atoms with Crippen molar-refractivity contribution in [3.05, 3.63) is 59.9 Å². The van der Waals surface area contributed by atoms with Crippen molar-refractivity contribution in [2.45, 2.75) is 57.7 Å². The summed E-state index contributed by atoms with van der Waals surface area (Å²) in [6, 6.07) is 9.96. The fourth-order valence-corrected chi connectivity index (χ4v) is 5.08. The second kappa shape index (κ2) is 14.0. The van der Waals surface area contributed by atoms with Gasteiger partial charge in [-0.15, -0.1) is 0 Å². The number of halogens is 1. The lowest BCUT2D eigenvalue weighted by molar-refractivity contribution is -0.140. The minimum Gasteiger partial charge on any atom is -0.492 e. The van der Waals surface area contributed by atoms with E-state index in [1.807, 2.05) is 13.8 Å². The van der Waals surface area contributed by atoms with Gasteiger partial charge in [-0.25, -0.2) is 4.39 Å². The number of nitrogens with one attached hydrogen (secondary N) is 3. The molecule has 0 saturated carbocycles. The van der Waals surface area contributed by atoms with Crippen molar-refractivity contribution < 1.29 is 33.0 Å². The summed E-state index contributed by atoms with van der Waals surface area (Å²) in [6.07, 6.45) is 1.51. The van der Waals surface area contributed by atoms with Gasteiger partial charge >= 0.3 is 0 Å². The molecule has 1 saturated heterocycles. The first-order valence-electron chi connectivity index (χ1n) is 14.0. The maximum Gasteiger partial charge on any atom is 0.255 e. The Kier molecular flexibility index (Phi) is 10.2. The van der Waals surface area contributed by atoms with Crippen LogP contribution < -0.4 is 25.4 Å². The van der Waals surface area contributed by atoms with Gasteiger partial charge in [-0.05, 0) is 61.6 Å². The van der Waals surface area contributed by atoms with Gasteiger partial charge in [-0.2, -0.15) is 0 Å². The van der Waals surface area contributed by atoms with Crippen LogP contribution in [0.1, 0.15) is 49.9 Å². The Morgan fingerprint density at radius 1 is 1.12 bits per heavy atom. The summed E-state index contributed by atoms with van der Waals surface area (Å²) in [5, 5.41) is 8.44. The molecule has 41 heavy (non-hydrogen) atoms. The lowest BCUT2D eigenvalue weighted by atomic mass is 10.0. The molecule has 10 nitrogen and oxygen atoms in total. The van der Waals surface area contributed by atoms with Gasteiger partial charge in [0.1, 0.15) is 42.6 Å². The molecule has 1 fully saturated rings. The van der Waals surface area contributed by atoms with Crippen molar-refractivity contribution in [2.75, 3.05) is 26.3 Å². The number of hydrogen-bond donors (Lipinski definition) is 3. The first-order chi connectivity index (χ1) is 19.7. The number of carbonyl (C=O) groups is 4. The standard InChI is InChI=1S/C30H37FN4O6/c1-19(2)16-21-18-41-26-8-4-3-6-23(26)28(37)34-24(17-27(36)35-14-5-7-25(35)30(39)33-21)29(38)32-13-15-40-22-11-9-20(31)10-12-22/h3-4,6,8-12,19,21,24-25H,5,7,13-18H2,1-2H3,(H,32,38)(H,33,39)(H,34,37)/t21-,24-,25+/m0/s1. The van der Waals surface area contributed by atoms with Crippen LogP contribution in [0.15, 0.2) is 48.5 Å². The molecule has 0 radical (unpaired) electrons. The zero-order chi connectivity index (χ0) is 29.4. The fourth-order valence-electron chi connectivity index (χ4n) is 5.08. The number of benzene rings is 2. The molecule has 0 aromatic heterocycles. The summed E-state index contributed by atoms with van der Waals surface area (Å²) in [7, 11) is 0. The van der Waals surface area contributed by atoms with Crippen molar-refractivity contribution in [1.82, 2.24) is 20.9 Å². The van der Waals surface area contributed by atoms with Crippen molar-refractivity contribution >= 4 is 23.6 Å². The molecule has 3 atom stereocenters. The molecule has 4 amide bonds. The first-order valence-corrected chi connectivity index (χ1v) is 14.0. The number of para-hydroxylation sites is 1. The lowest BCUT2D eigenvalue weighted by Crippen LogP contribution is -2.54. The average molecular weight is 569 g/mol. The van der Waals surface area contributed by atoms with Crippen LogP contribution in [-0.4, -0.2) is 73.0 Å². The number of carbonyl (C=O) groups excluding carboxylic acids is 4. The van der Waals surface area contributed by atoms with Crippen LogP contribution in [0.2, 0.25) is 0 Å². The Balaban J connectivity index is 1.52. The third kappa shape index (κ3) is 8.18. The van der Waals surface area contributed by atoms with E-state index in [1.165, 1.54) is 29.2 Å². The van der Waals surface area contributed by atoms with Gasteiger partial charge in [-0.1, -0.05) is 26.0 Å². The third-order valence-corrected chi connectivity index (χ3v) is 7.03. The smallest absolute Gasteiger partial charge is 0.255 e. The van der Waals surface area contributed by atoms with E-state index >= 15 is 0 Å². The minimum atomic E-state index is -1.20. The zero-order valence-electron chi connectivity index (χ0n) is 23.4. The highest BCUT2D eigenvalue weighted by Crippen LogP contribution is 2.23. The molecular formula is C30H37FN4O6. The van der Waals surface area contributed by atoms with Gasteiger partial charge in [0.05, 0.1) is 24.6 Å². The third-order valence-electron chi connectivity index (χ3n) is 7.03. The lowest BCUT2D eigenvalue weighted by Gasteiger charge is -2.29. The Hall–Kier alpha value is -4.15. The van der Waals surface area contributed by atoms with Gasteiger partial charge in [0.2, 0.25) is 17.7 Å². The van der Waals surface area contributed by atoms with Gasteiger partial charge in [0, 0.05) is 6.54 Å². The molecule has 11 heteroatoms. The molecule has 2 heterocycles. The van der Waals surface area contributed by atoms with Crippen molar-refractivity contribution in [3.63, 3.8) is 0 Å². The van der Waals surface area contributed by atoms with Crippen molar-refractivity contribution in [1.29, 1.82) is 0 Å². The second-order valence-corrected chi connectivity index (χ2v) is 10.7. The van der Waals surface area contributed by atoms with Crippen LogP contribution >= 0.6 is 0 Å². The van der Waals surface area contributed by atoms with Crippen LogP contribution in [0.4, 0.5) is 4.39 Å². The van der Waals surface area contributed by atoms with Crippen LogP contribution in [0, 0.1) is 11.7 Å². The number of fused-ring (bicyclic) bond motifs is 2. The molecule has 4 rings (SSSR count). The van der Waals surface area contributed by atoms with Crippen LogP contribution in [0.5, 0.6) is 11.5 Å². The molecular weight excluding hydrogens is 531 g/mol. The molecule has 0 aliphatic carbocycles. The van der Waals surface area contributed by atoms with E-state index in [9.17, 15) is 23.6 Å². The monoisotopic (exact) mass is 568 g/mol. The maximum atomic E-state index is 13.4.